The van der Waals surface area contributed by atoms with Crippen LogP contribution >= 0.6 is 0 Å². The highest BCUT2D eigenvalue weighted by atomic mass is 16.5. The summed E-state index contributed by atoms with van der Waals surface area (Å²) in [6.45, 7) is 10.3. The summed E-state index contributed by atoms with van der Waals surface area (Å²) >= 11 is 0. The zero-order valence-corrected chi connectivity index (χ0v) is 26.8. The molecule has 9 nitrogen and oxygen atoms in total. The summed E-state index contributed by atoms with van der Waals surface area (Å²) < 4.78 is 7.89. The number of fused-ring (bicyclic) bond motifs is 3. The van der Waals surface area contributed by atoms with Crippen molar-refractivity contribution >= 4 is 28.9 Å². The van der Waals surface area contributed by atoms with E-state index in [4.69, 9.17) is 9.72 Å². The largest absolute Gasteiger partial charge is 0.494 e. The Morgan fingerprint density at radius 3 is 2.41 bits per heavy atom. The van der Waals surface area contributed by atoms with E-state index >= 15 is 0 Å². The van der Waals surface area contributed by atoms with Crippen molar-refractivity contribution in [1.82, 2.24) is 19.4 Å². The van der Waals surface area contributed by atoms with Gasteiger partial charge in [0.1, 0.15) is 5.75 Å². The van der Waals surface area contributed by atoms with Gasteiger partial charge in [0.25, 0.3) is 5.91 Å². The van der Waals surface area contributed by atoms with E-state index in [1.54, 1.807) is 7.11 Å². The molecule has 1 saturated heterocycles. The summed E-state index contributed by atoms with van der Waals surface area (Å²) in [5.74, 6) is 1.18. The van der Waals surface area contributed by atoms with Gasteiger partial charge in [-0.25, -0.2) is 9.97 Å². The topological polar surface area (TPSA) is 87.6 Å². The summed E-state index contributed by atoms with van der Waals surface area (Å²) in [6, 6.07) is 12.5. The Labute approximate surface area is 260 Å². The van der Waals surface area contributed by atoms with Gasteiger partial charge in [0.15, 0.2) is 0 Å². The predicted octanol–water partition coefficient (Wildman–Crippen LogP) is 5.77. The quantitative estimate of drug-likeness (QED) is 0.268. The molecule has 0 saturated carbocycles. The highest BCUT2D eigenvalue weighted by Crippen LogP contribution is 2.39. The number of aromatic nitrogens is 3. The number of anilines is 4. The number of likely N-dealkylation sites (N-methyl/N-ethyl adjacent to an activating group) is 1. The van der Waals surface area contributed by atoms with E-state index in [1.165, 1.54) is 0 Å². The maximum atomic E-state index is 13.9. The first-order valence-electron chi connectivity index (χ1n) is 15.7. The molecule has 0 atom stereocenters. The van der Waals surface area contributed by atoms with Crippen molar-refractivity contribution in [2.45, 2.75) is 46.5 Å². The van der Waals surface area contributed by atoms with Crippen LogP contribution in [0.25, 0.3) is 11.4 Å². The number of aryl methyl sites for hydroxylation is 3. The minimum Gasteiger partial charge on any atom is -0.494 e. The van der Waals surface area contributed by atoms with Crippen molar-refractivity contribution in [3.05, 3.63) is 76.1 Å². The number of methoxy groups -OCH3 is 1. The normalized spacial score (nSPS) is 14.6. The number of amides is 1. The van der Waals surface area contributed by atoms with Gasteiger partial charge in [-0.15, -0.1) is 0 Å². The molecule has 0 unspecified atom stereocenters. The monoisotopic (exact) mass is 593 g/mol. The van der Waals surface area contributed by atoms with Gasteiger partial charge < -0.3 is 29.7 Å². The van der Waals surface area contributed by atoms with E-state index in [2.05, 4.69) is 81.2 Å². The molecule has 44 heavy (non-hydrogen) atoms. The minimum absolute atomic E-state index is 0.0593. The summed E-state index contributed by atoms with van der Waals surface area (Å²) in [7, 11) is 5.87. The molecule has 230 valence electrons. The van der Waals surface area contributed by atoms with E-state index in [1.807, 2.05) is 26.2 Å². The fraction of sp³-hybridized carbons (Fsp3) is 0.400. The van der Waals surface area contributed by atoms with Crippen LogP contribution in [0.5, 0.6) is 5.75 Å². The molecule has 2 aliphatic rings. The average molecular weight is 594 g/mol. The molecule has 0 spiro atoms. The summed E-state index contributed by atoms with van der Waals surface area (Å²) in [5.41, 5.74) is 10.9. The van der Waals surface area contributed by atoms with Crippen molar-refractivity contribution in [2.24, 2.45) is 7.05 Å². The fourth-order valence-corrected chi connectivity index (χ4v) is 6.58. The lowest BCUT2D eigenvalue weighted by Gasteiger charge is -2.34. The van der Waals surface area contributed by atoms with Gasteiger partial charge >= 0.3 is 0 Å². The second-order valence-electron chi connectivity index (χ2n) is 11.8. The Hall–Kier alpha value is -4.37. The third-order valence-electron chi connectivity index (χ3n) is 9.29. The Morgan fingerprint density at radius 2 is 1.73 bits per heavy atom. The molecule has 2 aromatic carbocycles. The lowest BCUT2D eigenvalue weighted by molar-refractivity contribution is 0.102. The number of carbonyl (C=O) groups excluding carboxylic acids is 1. The van der Waals surface area contributed by atoms with Gasteiger partial charge in [0.05, 0.1) is 29.7 Å². The molecule has 1 aliphatic carbocycles. The summed E-state index contributed by atoms with van der Waals surface area (Å²) in [5, 5.41) is 6.70. The van der Waals surface area contributed by atoms with E-state index < -0.39 is 0 Å². The molecular formula is C35H43N7O2. The van der Waals surface area contributed by atoms with Crippen molar-refractivity contribution < 1.29 is 9.53 Å². The van der Waals surface area contributed by atoms with Crippen LogP contribution < -0.4 is 20.3 Å². The average Bonchev–Trinajstić information content (AvgIpc) is 3.31. The lowest BCUT2D eigenvalue weighted by atomic mass is 9.92. The highest BCUT2D eigenvalue weighted by molar-refractivity contribution is 6.08. The van der Waals surface area contributed by atoms with E-state index in [-0.39, 0.29) is 5.91 Å². The summed E-state index contributed by atoms with van der Waals surface area (Å²) in [6.07, 6.45) is 5.17. The second-order valence-corrected chi connectivity index (χ2v) is 11.8. The molecule has 2 N–H and O–H groups in total. The standard InChI is InChI=1S/C35H43N7O2/c1-7-23-10-9-11-24(8-2)31(23)38-34(43)30-22(3)41(5)33-27(30)14-12-25-21-36-35(39-32(25)33)37-28-15-13-26(20-29(28)44-6)42-18-16-40(4)17-19-42/h9-11,13,15,20-21H,7-8,12,14,16-19H2,1-6H3,(H,38,43)(H,36,37,39). The zero-order chi connectivity index (χ0) is 31.0. The number of ether oxygens (including phenoxy) is 1. The molecule has 1 aliphatic heterocycles. The fourth-order valence-electron chi connectivity index (χ4n) is 6.58. The molecule has 6 rings (SSSR count). The number of hydrogen-bond acceptors (Lipinski definition) is 7. The molecule has 0 radical (unpaired) electrons. The maximum absolute atomic E-state index is 13.9. The molecule has 0 bridgehead atoms. The Kier molecular flexibility index (Phi) is 8.31. The minimum atomic E-state index is -0.0593. The summed E-state index contributed by atoms with van der Waals surface area (Å²) in [4.78, 5) is 28.3. The van der Waals surface area contributed by atoms with E-state index in [0.29, 0.717) is 5.95 Å². The first kappa shape index (κ1) is 29.7. The van der Waals surface area contributed by atoms with Gasteiger partial charge in [-0.2, -0.15) is 0 Å². The third-order valence-corrected chi connectivity index (χ3v) is 9.29. The third kappa shape index (κ3) is 5.41. The molecule has 1 amide bonds. The Morgan fingerprint density at radius 1 is 1.00 bits per heavy atom. The van der Waals surface area contributed by atoms with Gasteiger partial charge in [0.2, 0.25) is 5.95 Å². The molecule has 2 aromatic heterocycles. The number of para-hydroxylation sites is 1. The number of hydrogen-bond donors (Lipinski definition) is 2. The second kappa shape index (κ2) is 12.3. The van der Waals surface area contributed by atoms with Crippen LogP contribution in [0.3, 0.4) is 0 Å². The Balaban J connectivity index is 1.30. The number of carbonyl (C=O) groups is 1. The number of nitrogens with one attached hydrogen (secondary N) is 2. The maximum Gasteiger partial charge on any atom is 0.257 e. The molecule has 3 heterocycles. The predicted molar refractivity (Wildman–Crippen MR) is 178 cm³/mol. The molecule has 9 heteroatoms. The van der Waals surface area contributed by atoms with Crippen LogP contribution in [0.15, 0.2) is 42.6 Å². The van der Waals surface area contributed by atoms with E-state index in [9.17, 15) is 4.79 Å². The first-order chi connectivity index (χ1) is 21.3. The van der Waals surface area contributed by atoms with E-state index in [0.717, 1.165) is 120 Å². The van der Waals surface area contributed by atoms with Crippen LogP contribution in [0.4, 0.5) is 23.0 Å². The van der Waals surface area contributed by atoms with Crippen molar-refractivity contribution in [3.63, 3.8) is 0 Å². The van der Waals surface area contributed by atoms with Gasteiger partial charge in [-0.1, -0.05) is 32.0 Å². The van der Waals surface area contributed by atoms with Crippen LogP contribution in [-0.2, 0) is 32.7 Å². The SMILES string of the molecule is CCc1cccc(CC)c1NC(=O)c1c2c(n(C)c1C)-c1nc(Nc3ccc(N4CCN(C)CC4)cc3OC)ncc1CC2. The number of piperazine rings is 1. The lowest BCUT2D eigenvalue weighted by Crippen LogP contribution is -2.44. The zero-order valence-electron chi connectivity index (χ0n) is 26.8. The molecule has 4 aromatic rings. The first-order valence-corrected chi connectivity index (χ1v) is 15.7. The number of benzene rings is 2. The number of rotatable bonds is 8. The van der Waals surface area contributed by atoms with Crippen molar-refractivity contribution in [1.29, 1.82) is 0 Å². The van der Waals surface area contributed by atoms with Crippen LogP contribution in [0, 0.1) is 6.92 Å². The van der Waals surface area contributed by atoms with Crippen molar-refractivity contribution in [2.75, 3.05) is 55.9 Å². The molecule has 1 fully saturated rings. The Bertz CT molecular complexity index is 1680. The highest BCUT2D eigenvalue weighted by Gasteiger charge is 2.30. The molecular weight excluding hydrogens is 550 g/mol. The van der Waals surface area contributed by atoms with Crippen LogP contribution in [0.2, 0.25) is 0 Å². The van der Waals surface area contributed by atoms with Crippen molar-refractivity contribution in [3.8, 4) is 17.1 Å². The number of nitrogens with zero attached hydrogens (tertiary/aromatic N) is 5. The van der Waals surface area contributed by atoms with Gasteiger partial charge in [-0.3, -0.25) is 4.79 Å². The van der Waals surface area contributed by atoms with Gasteiger partial charge in [-0.05, 0) is 74.0 Å². The smallest absolute Gasteiger partial charge is 0.257 e. The van der Waals surface area contributed by atoms with Gasteiger partial charge in [0, 0.05) is 62.6 Å². The van der Waals surface area contributed by atoms with Crippen LogP contribution in [0.1, 0.15) is 52.2 Å². The van der Waals surface area contributed by atoms with Crippen LogP contribution in [-0.4, -0.2) is 65.7 Å².